The number of likely N-dealkylation sites (tertiary alicyclic amines) is 1. The Kier molecular flexibility index (Phi) is 5.99. The van der Waals surface area contributed by atoms with Crippen LogP contribution in [0.2, 0.25) is 0 Å². The van der Waals surface area contributed by atoms with Crippen LogP contribution in [0.15, 0.2) is 35.2 Å². The minimum atomic E-state index is -3.47. The van der Waals surface area contributed by atoms with E-state index in [1.54, 1.807) is 30.3 Å². The molecule has 0 N–H and O–H groups in total. The molecule has 7 heteroatoms. The second kappa shape index (κ2) is 8.06. The summed E-state index contributed by atoms with van der Waals surface area (Å²) in [7, 11) is -3.47. The first kappa shape index (κ1) is 19.3. The van der Waals surface area contributed by atoms with Crippen LogP contribution in [0.4, 0.5) is 0 Å². The van der Waals surface area contributed by atoms with Gasteiger partial charge in [0.2, 0.25) is 15.9 Å². The molecule has 2 aliphatic rings. The van der Waals surface area contributed by atoms with Gasteiger partial charge in [-0.25, -0.2) is 8.42 Å². The lowest BCUT2D eigenvalue weighted by Gasteiger charge is -2.39. The summed E-state index contributed by atoms with van der Waals surface area (Å²) in [5.41, 5.74) is 0. The Hall–Kier alpha value is -1.44. The van der Waals surface area contributed by atoms with Crippen molar-refractivity contribution in [1.29, 1.82) is 0 Å². The van der Waals surface area contributed by atoms with Gasteiger partial charge in [-0.3, -0.25) is 9.69 Å². The van der Waals surface area contributed by atoms with Crippen LogP contribution >= 0.6 is 0 Å². The van der Waals surface area contributed by atoms with Gasteiger partial charge >= 0.3 is 0 Å². The molecule has 0 bridgehead atoms. The smallest absolute Gasteiger partial charge is 0.243 e. The van der Waals surface area contributed by atoms with Crippen LogP contribution in [0.3, 0.4) is 0 Å². The van der Waals surface area contributed by atoms with E-state index in [0.29, 0.717) is 37.0 Å². The van der Waals surface area contributed by atoms with Gasteiger partial charge in [0.25, 0.3) is 0 Å². The Labute approximate surface area is 156 Å². The second-order valence-corrected chi connectivity index (χ2v) is 9.40. The van der Waals surface area contributed by atoms with E-state index >= 15 is 0 Å². The van der Waals surface area contributed by atoms with Gasteiger partial charge < -0.3 is 4.90 Å². The monoisotopic (exact) mass is 379 g/mol. The normalized spacial score (nSPS) is 24.4. The number of carbonyl (C=O) groups is 1. The lowest BCUT2D eigenvalue weighted by atomic mass is 9.98. The number of piperidine rings is 1. The minimum Gasteiger partial charge on any atom is -0.339 e. The molecule has 1 aromatic carbocycles. The van der Waals surface area contributed by atoms with Crippen LogP contribution in [-0.4, -0.2) is 73.7 Å². The van der Waals surface area contributed by atoms with Crippen LogP contribution < -0.4 is 0 Å². The summed E-state index contributed by atoms with van der Waals surface area (Å²) >= 11 is 0. The molecule has 2 saturated heterocycles. The standard InChI is InChI=1S/C19H29N3O3S/c1-16-7-6-10-21(15-16)17(2)19(23)20-11-13-22(14-12-20)26(24,25)18-8-4-3-5-9-18/h3-5,8-9,16-17H,6-7,10-15H2,1-2H3/t16-,17+/m0/s1. The Morgan fingerprint density at radius 1 is 1.08 bits per heavy atom. The third kappa shape index (κ3) is 4.10. The first-order chi connectivity index (χ1) is 12.4. The second-order valence-electron chi connectivity index (χ2n) is 7.46. The fourth-order valence-electron chi connectivity index (χ4n) is 3.89. The van der Waals surface area contributed by atoms with E-state index in [1.807, 2.05) is 11.8 Å². The summed E-state index contributed by atoms with van der Waals surface area (Å²) in [5.74, 6) is 0.753. The van der Waals surface area contributed by atoms with E-state index in [9.17, 15) is 13.2 Å². The van der Waals surface area contributed by atoms with Crippen LogP contribution in [0.1, 0.15) is 26.7 Å². The van der Waals surface area contributed by atoms with Gasteiger partial charge in [-0.2, -0.15) is 4.31 Å². The number of rotatable bonds is 4. The van der Waals surface area contributed by atoms with Crippen molar-refractivity contribution in [3.05, 3.63) is 30.3 Å². The summed E-state index contributed by atoms with van der Waals surface area (Å²) in [6, 6.07) is 8.37. The molecule has 2 fully saturated rings. The van der Waals surface area contributed by atoms with E-state index in [1.165, 1.54) is 10.7 Å². The molecule has 1 amide bonds. The molecule has 3 rings (SSSR count). The highest BCUT2D eigenvalue weighted by Gasteiger charge is 2.33. The van der Waals surface area contributed by atoms with Crippen molar-refractivity contribution in [3.63, 3.8) is 0 Å². The molecular weight excluding hydrogens is 350 g/mol. The highest BCUT2D eigenvalue weighted by Crippen LogP contribution is 2.20. The third-order valence-electron chi connectivity index (χ3n) is 5.52. The molecule has 0 aromatic heterocycles. The first-order valence-electron chi connectivity index (χ1n) is 9.47. The number of carbonyl (C=O) groups excluding carboxylic acids is 1. The maximum Gasteiger partial charge on any atom is 0.243 e. The van der Waals surface area contributed by atoms with E-state index < -0.39 is 10.0 Å². The number of benzene rings is 1. The lowest BCUT2D eigenvalue weighted by molar-refractivity contribution is -0.138. The molecular formula is C19H29N3O3S. The Bertz CT molecular complexity index is 715. The molecule has 2 heterocycles. The average Bonchev–Trinajstić information content (AvgIpc) is 2.67. The van der Waals surface area contributed by atoms with Crippen LogP contribution in [0.25, 0.3) is 0 Å². The predicted molar refractivity (Wildman–Crippen MR) is 101 cm³/mol. The van der Waals surface area contributed by atoms with Crippen molar-refractivity contribution in [2.24, 2.45) is 5.92 Å². The molecule has 2 atom stereocenters. The fourth-order valence-corrected chi connectivity index (χ4v) is 5.33. The van der Waals surface area contributed by atoms with Crippen LogP contribution in [0.5, 0.6) is 0 Å². The Balaban J connectivity index is 1.59. The maximum absolute atomic E-state index is 12.8. The third-order valence-corrected chi connectivity index (χ3v) is 7.44. The Morgan fingerprint density at radius 3 is 2.35 bits per heavy atom. The number of sulfonamides is 1. The summed E-state index contributed by atoms with van der Waals surface area (Å²) < 4.78 is 26.9. The van der Waals surface area contributed by atoms with E-state index in [2.05, 4.69) is 11.8 Å². The number of hydrogen-bond acceptors (Lipinski definition) is 4. The molecule has 0 unspecified atom stereocenters. The number of hydrogen-bond donors (Lipinski definition) is 0. The highest BCUT2D eigenvalue weighted by atomic mass is 32.2. The molecule has 1 aromatic rings. The van der Waals surface area contributed by atoms with Gasteiger partial charge in [0.05, 0.1) is 10.9 Å². The number of nitrogens with zero attached hydrogens (tertiary/aromatic N) is 3. The average molecular weight is 380 g/mol. The quantitative estimate of drug-likeness (QED) is 0.798. The van der Waals surface area contributed by atoms with Gasteiger partial charge in [-0.1, -0.05) is 25.1 Å². The van der Waals surface area contributed by atoms with Crippen LogP contribution in [0, 0.1) is 5.92 Å². The molecule has 0 aliphatic carbocycles. The summed E-state index contributed by atoms with van der Waals surface area (Å²) in [6.45, 7) is 7.77. The number of amides is 1. The number of piperazine rings is 1. The van der Waals surface area contributed by atoms with Crippen molar-refractivity contribution in [2.75, 3.05) is 39.3 Å². The maximum atomic E-state index is 12.8. The summed E-state index contributed by atoms with van der Waals surface area (Å²) in [4.78, 5) is 17.2. The minimum absolute atomic E-state index is 0.121. The SMILES string of the molecule is C[C@H]1CCCN([C@H](C)C(=O)N2CCN(S(=O)(=O)c3ccccc3)CC2)C1. The summed E-state index contributed by atoms with van der Waals surface area (Å²) in [6.07, 6.45) is 2.37. The van der Waals surface area contributed by atoms with Crippen LogP contribution in [-0.2, 0) is 14.8 Å². The van der Waals surface area contributed by atoms with Gasteiger partial charge in [0.15, 0.2) is 0 Å². The van der Waals surface area contributed by atoms with Gasteiger partial charge in [0.1, 0.15) is 0 Å². The van der Waals surface area contributed by atoms with E-state index in [-0.39, 0.29) is 11.9 Å². The zero-order valence-electron chi connectivity index (χ0n) is 15.7. The molecule has 0 saturated carbocycles. The van der Waals surface area contributed by atoms with Crippen molar-refractivity contribution in [2.45, 2.75) is 37.6 Å². The van der Waals surface area contributed by atoms with E-state index in [0.717, 1.165) is 19.5 Å². The first-order valence-corrected chi connectivity index (χ1v) is 10.9. The van der Waals surface area contributed by atoms with Gasteiger partial charge in [-0.05, 0) is 44.4 Å². The zero-order chi connectivity index (χ0) is 18.7. The lowest BCUT2D eigenvalue weighted by Crippen LogP contribution is -2.56. The van der Waals surface area contributed by atoms with Crippen molar-refractivity contribution in [3.8, 4) is 0 Å². The Morgan fingerprint density at radius 2 is 1.73 bits per heavy atom. The molecule has 6 nitrogen and oxygen atoms in total. The fraction of sp³-hybridized carbons (Fsp3) is 0.632. The topological polar surface area (TPSA) is 60.9 Å². The van der Waals surface area contributed by atoms with Crippen molar-refractivity contribution < 1.29 is 13.2 Å². The van der Waals surface area contributed by atoms with E-state index in [4.69, 9.17) is 0 Å². The van der Waals surface area contributed by atoms with Crippen molar-refractivity contribution >= 4 is 15.9 Å². The largest absolute Gasteiger partial charge is 0.339 e. The molecule has 26 heavy (non-hydrogen) atoms. The van der Waals surface area contributed by atoms with Crippen molar-refractivity contribution in [1.82, 2.24) is 14.1 Å². The zero-order valence-corrected chi connectivity index (χ0v) is 16.5. The molecule has 0 spiro atoms. The molecule has 144 valence electrons. The van der Waals surface area contributed by atoms with Gasteiger partial charge in [0, 0.05) is 32.7 Å². The summed E-state index contributed by atoms with van der Waals surface area (Å²) in [5, 5.41) is 0. The highest BCUT2D eigenvalue weighted by molar-refractivity contribution is 7.89. The molecule has 0 radical (unpaired) electrons. The van der Waals surface area contributed by atoms with Gasteiger partial charge in [-0.15, -0.1) is 0 Å². The molecule has 2 aliphatic heterocycles. The predicted octanol–water partition coefficient (Wildman–Crippen LogP) is 1.64.